The van der Waals surface area contributed by atoms with E-state index in [1.54, 1.807) is 0 Å². The third kappa shape index (κ3) is 51.3. The standard InChI is InChI=1S/C88H146NO9P/c1-67(2)34-19-35-68(3)36-20-37-69(4)38-21-39-70(5)40-22-41-71(6)42-23-43-72(7)44-24-45-73(8)46-25-47-74(9)48-26-49-75(10)50-27-51-76(11)52-28-53-77(12)54-29-55-78(13)56-30-57-79(14)58-31-59-80(15)60-32-61-81(16)62-33-63-82(17)64-65-96-99(94,95)98-88-85(89-83(18)91)87(93)86(92)84(66-90)97-88/h34,36,38,40,42,44,46,48,50,52,54,56,58,60,62,82,84-88,90,92-93H,19-33,35,37,39,41,43,45,47,49,51,53,55,57,59,61,63-66H2,1-18H3,(H,89,91)(H,94,95)/p-1/b68-36+,69-38+,70-40-,71-42-,72-44-,73-46-,74-48-,75-50-,76-52-,77-54-,78-56-,79-58-,80-60-,81-62-/t82?,84-,85-,86-,87-,88-/m1/s1. The highest BCUT2D eigenvalue weighted by atomic mass is 31.2. The van der Waals surface area contributed by atoms with Gasteiger partial charge in [-0.2, -0.15) is 0 Å². The second-order valence-corrected chi connectivity index (χ2v) is 31.2. The zero-order valence-electron chi connectivity index (χ0n) is 66.2. The maximum Gasteiger partial charge on any atom is 0.270 e. The van der Waals surface area contributed by atoms with Crippen molar-refractivity contribution < 1.29 is 43.4 Å². The van der Waals surface area contributed by atoms with Crippen LogP contribution in [0.15, 0.2) is 175 Å². The van der Waals surface area contributed by atoms with Gasteiger partial charge in [0.2, 0.25) is 5.91 Å². The first-order chi connectivity index (χ1) is 47.0. The molecule has 1 heterocycles. The highest BCUT2D eigenvalue weighted by molar-refractivity contribution is 7.45. The Labute approximate surface area is 607 Å². The molecule has 1 amide bonds. The second kappa shape index (κ2) is 56.0. The number of aliphatic hydroxyl groups excluding tert-OH is 3. The van der Waals surface area contributed by atoms with Gasteiger partial charge in [0.05, 0.1) is 13.2 Å². The molecule has 11 heteroatoms. The van der Waals surface area contributed by atoms with Crippen molar-refractivity contribution in [1.29, 1.82) is 0 Å². The van der Waals surface area contributed by atoms with Crippen LogP contribution in [-0.2, 0) is 23.1 Å². The molecule has 1 saturated heterocycles. The van der Waals surface area contributed by atoms with Crippen molar-refractivity contribution in [3.8, 4) is 0 Å². The van der Waals surface area contributed by atoms with Crippen LogP contribution in [0.4, 0.5) is 0 Å². The van der Waals surface area contributed by atoms with Crippen LogP contribution in [0.1, 0.15) is 324 Å². The molecule has 0 aromatic heterocycles. The number of allylic oxidation sites excluding steroid dienone is 30. The zero-order chi connectivity index (χ0) is 74.0. The Balaban J connectivity index is 2.25. The fourth-order valence-corrected chi connectivity index (χ4v) is 12.8. The molecule has 0 radical (unpaired) electrons. The predicted octanol–water partition coefficient (Wildman–Crippen LogP) is 24.4. The lowest BCUT2D eigenvalue weighted by atomic mass is 9.97. The number of rotatable bonds is 53. The minimum absolute atomic E-state index is 0.114. The quantitative estimate of drug-likeness (QED) is 0.0344. The number of nitrogens with one attached hydrogen (secondary N) is 1. The lowest BCUT2D eigenvalue weighted by molar-refractivity contribution is -0.283. The van der Waals surface area contributed by atoms with Gasteiger partial charge < -0.3 is 34.8 Å². The first-order valence-electron chi connectivity index (χ1n) is 38.3. The van der Waals surface area contributed by atoms with Crippen LogP contribution < -0.4 is 10.2 Å². The molecule has 2 unspecified atom stereocenters. The Morgan fingerprint density at radius 1 is 0.394 bits per heavy atom. The second-order valence-electron chi connectivity index (χ2n) is 29.8. The SMILES string of the molecule is CC(=O)N[C@H]1[C@@H](OP(=O)([O-])OCCC(C)CC/C=C(/C)CC/C=C(/C)CC/C=C(/C)CC/C=C(/C)CC/C=C(/C)CC/C=C(/C)CC/C=C(/C)CC/C=C(/C)CC/C=C(/C)CC/C=C(/C)CC/C=C(/C)CC/C=C(/C)CC/C=C(\C)CC/C=C(\C)CCC=C(C)C)O[C@H](CO)[C@@H](O)[C@@H]1O. The van der Waals surface area contributed by atoms with Crippen LogP contribution in [0.3, 0.4) is 0 Å². The Bertz CT molecular complexity index is 2850. The molecule has 0 aromatic carbocycles. The van der Waals surface area contributed by atoms with Crippen LogP contribution in [-0.4, -0.2) is 65.1 Å². The number of carbonyl (C=O) groups is 1. The Hall–Kier alpha value is -4.48. The van der Waals surface area contributed by atoms with Gasteiger partial charge in [-0.25, -0.2) is 0 Å². The lowest BCUT2D eigenvalue weighted by Gasteiger charge is -2.43. The van der Waals surface area contributed by atoms with Gasteiger partial charge in [-0.1, -0.05) is 182 Å². The van der Waals surface area contributed by atoms with Gasteiger partial charge in [-0.15, -0.1) is 0 Å². The van der Waals surface area contributed by atoms with Crippen molar-refractivity contribution in [2.45, 2.75) is 354 Å². The fraction of sp³-hybridized carbons (Fsp3) is 0.648. The summed E-state index contributed by atoms with van der Waals surface area (Å²) >= 11 is 0. The van der Waals surface area contributed by atoms with Gasteiger partial charge in [0, 0.05) is 6.92 Å². The van der Waals surface area contributed by atoms with Crippen molar-refractivity contribution in [2.75, 3.05) is 13.2 Å². The van der Waals surface area contributed by atoms with E-state index in [-0.39, 0.29) is 12.5 Å². The van der Waals surface area contributed by atoms with E-state index in [9.17, 15) is 29.6 Å². The first kappa shape index (κ1) is 92.5. The van der Waals surface area contributed by atoms with Crippen molar-refractivity contribution in [1.82, 2.24) is 5.32 Å². The van der Waals surface area contributed by atoms with E-state index in [4.69, 9.17) is 13.8 Å². The Morgan fingerprint density at radius 3 is 0.848 bits per heavy atom. The van der Waals surface area contributed by atoms with Crippen molar-refractivity contribution >= 4 is 13.7 Å². The number of amides is 1. The highest BCUT2D eigenvalue weighted by Crippen LogP contribution is 2.43. The molecular formula is C88H145NO9P-. The lowest BCUT2D eigenvalue weighted by Crippen LogP contribution is -2.64. The summed E-state index contributed by atoms with van der Waals surface area (Å²) in [5.41, 5.74) is 22.2. The van der Waals surface area contributed by atoms with Gasteiger partial charge in [0.1, 0.15) is 24.4 Å². The molecule has 1 aliphatic heterocycles. The molecule has 1 aliphatic rings. The number of ether oxygens (including phenoxy) is 1. The van der Waals surface area contributed by atoms with E-state index < -0.39 is 51.0 Å². The summed E-state index contributed by atoms with van der Waals surface area (Å²) in [4.78, 5) is 24.3. The molecule has 0 aliphatic carbocycles. The Morgan fingerprint density at radius 2 is 0.626 bits per heavy atom. The maximum absolute atomic E-state index is 12.6. The molecular weight excluding hydrogens is 1250 g/mol. The van der Waals surface area contributed by atoms with Gasteiger partial charge in [0.15, 0.2) is 6.29 Å². The molecule has 1 rings (SSSR count). The number of hydrogen-bond donors (Lipinski definition) is 4. The van der Waals surface area contributed by atoms with E-state index in [0.29, 0.717) is 6.42 Å². The number of aliphatic hydroxyl groups is 3. The van der Waals surface area contributed by atoms with Crippen LogP contribution in [0.5, 0.6) is 0 Å². The smallest absolute Gasteiger partial charge is 0.270 e. The summed E-state index contributed by atoms with van der Waals surface area (Å²) in [5.74, 6) is -0.407. The normalized spacial score (nSPS) is 20.0. The average molecular weight is 1390 g/mol. The molecule has 99 heavy (non-hydrogen) atoms. The third-order valence-electron chi connectivity index (χ3n) is 19.0. The van der Waals surface area contributed by atoms with Crippen molar-refractivity contribution in [3.63, 3.8) is 0 Å². The van der Waals surface area contributed by atoms with Gasteiger partial charge >= 0.3 is 0 Å². The summed E-state index contributed by atoms with van der Waals surface area (Å²) in [7, 11) is -4.92. The molecule has 7 atom stereocenters. The predicted molar refractivity (Wildman–Crippen MR) is 424 cm³/mol. The van der Waals surface area contributed by atoms with Gasteiger partial charge in [-0.3, -0.25) is 13.9 Å². The minimum Gasteiger partial charge on any atom is -0.756 e. The third-order valence-corrected chi connectivity index (χ3v) is 20.0. The largest absolute Gasteiger partial charge is 0.756 e. The molecule has 0 spiro atoms. The van der Waals surface area contributed by atoms with Crippen molar-refractivity contribution in [2.24, 2.45) is 5.92 Å². The van der Waals surface area contributed by atoms with Crippen LogP contribution in [0.25, 0.3) is 0 Å². The van der Waals surface area contributed by atoms with Crippen LogP contribution >= 0.6 is 7.82 Å². The van der Waals surface area contributed by atoms with E-state index in [0.717, 1.165) is 173 Å². The fourth-order valence-electron chi connectivity index (χ4n) is 12.0. The minimum atomic E-state index is -4.92. The molecule has 4 N–H and O–H groups in total. The highest BCUT2D eigenvalue weighted by Gasteiger charge is 2.46. The Kier molecular flexibility index (Phi) is 52.4. The summed E-state index contributed by atoms with van der Waals surface area (Å²) in [6, 6.07) is -1.39. The molecule has 0 bridgehead atoms. The number of carbonyl (C=O) groups excluding carboxylic acids is 1. The summed E-state index contributed by atoms with van der Waals surface area (Å²) in [6.07, 6.45) is 63.9. The number of hydrogen-bond acceptors (Lipinski definition) is 9. The summed E-state index contributed by atoms with van der Waals surface area (Å²) < 4.78 is 28.1. The topological polar surface area (TPSA) is 158 Å². The average Bonchev–Trinajstić information content (AvgIpc) is 0.799. The molecule has 0 aromatic rings. The number of phosphoric ester groups is 1. The molecule has 562 valence electrons. The van der Waals surface area contributed by atoms with Crippen LogP contribution in [0.2, 0.25) is 0 Å². The number of phosphoric acid groups is 1. The van der Waals surface area contributed by atoms with Crippen molar-refractivity contribution in [3.05, 3.63) is 175 Å². The van der Waals surface area contributed by atoms with E-state index in [2.05, 4.69) is 207 Å². The molecule has 0 saturated carbocycles. The van der Waals surface area contributed by atoms with Gasteiger partial charge in [0.25, 0.3) is 7.82 Å². The first-order valence-corrected chi connectivity index (χ1v) is 39.8. The van der Waals surface area contributed by atoms with E-state index >= 15 is 0 Å². The maximum atomic E-state index is 12.6. The summed E-state index contributed by atoms with van der Waals surface area (Å²) in [5, 5.41) is 32.4. The van der Waals surface area contributed by atoms with E-state index in [1.807, 2.05) is 6.92 Å². The monoisotopic (exact) mass is 1390 g/mol. The zero-order valence-corrected chi connectivity index (χ0v) is 67.1. The van der Waals surface area contributed by atoms with E-state index in [1.165, 1.54) is 110 Å². The summed E-state index contributed by atoms with van der Waals surface area (Å²) in [6.45, 7) is 38.7. The van der Waals surface area contributed by atoms with Gasteiger partial charge in [-0.05, 0) is 316 Å². The molecule has 10 nitrogen and oxygen atoms in total. The molecule has 1 fully saturated rings. The van der Waals surface area contributed by atoms with Crippen LogP contribution in [0, 0.1) is 5.92 Å².